The fourth-order valence-corrected chi connectivity index (χ4v) is 3.38. The van der Waals surface area contributed by atoms with Crippen LogP contribution in [0.15, 0.2) is 0 Å². The van der Waals surface area contributed by atoms with Crippen LogP contribution in [0.2, 0.25) is 0 Å². The van der Waals surface area contributed by atoms with Crippen molar-refractivity contribution in [2.75, 3.05) is 6.54 Å². The second kappa shape index (κ2) is 4.71. The highest BCUT2D eigenvalue weighted by Crippen LogP contribution is 2.38. The van der Waals surface area contributed by atoms with Gasteiger partial charge in [0.25, 0.3) is 0 Å². The molecule has 1 aliphatic heterocycles. The first kappa shape index (κ1) is 13.1. The van der Waals surface area contributed by atoms with Gasteiger partial charge in [0.05, 0.1) is 0 Å². The number of carbonyl (C=O) groups is 1. The van der Waals surface area contributed by atoms with Crippen molar-refractivity contribution in [2.24, 2.45) is 5.92 Å². The quantitative estimate of drug-likeness (QED) is 0.676. The van der Waals surface area contributed by atoms with Gasteiger partial charge in [0, 0.05) is 17.8 Å². The van der Waals surface area contributed by atoms with Gasteiger partial charge in [-0.1, -0.05) is 0 Å². The Labute approximate surface area is 109 Å². The van der Waals surface area contributed by atoms with Crippen LogP contribution in [-0.4, -0.2) is 34.4 Å². The van der Waals surface area contributed by atoms with Crippen LogP contribution < -0.4 is 0 Å². The maximum atomic E-state index is 12.1. The maximum Gasteiger partial charge on any atom is 0.410 e. The highest BCUT2D eigenvalue weighted by atomic mass is 32.1. The molecule has 0 aromatic rings. The fraction of sp³-hybridized carbons (Fsp3) is 0.923. The molecule has 1 saturated carbocycles. The Bertz CT molecular complexity index is 300. The number of rotatable bonds is 0. The highest BCUT2D eigenvalue weighted by molar-refractivity contribution is 7.80. The summed E-state index contributed by atoms with van der Waals surface area (Å²) in [6, 6.07) is 0.397. The van der Waals surface area contributed by atoms with Gasteiger partial charge in [0.1, 0.15) is 5.60 Å². The van der Waals surface area contributed by atoms with E-state index >= 15 is 0 Å². The molecule has 2 aliphatic rings. The van der Waals surface area contributed by atoms with E-state index in [0.29, 0.717) is 17.2 Å². The van der Waals surface area contributed by atoms with Crippen molar-refractivity contribution in [3.63, 3.8) is 0 Å². The van der Waals surface area contributed by atoms with Gasteiger partial charge < -0.3 is 9.64 Å². The van der Waals surface area contributed by atoms with Crippen molar-refractivity contribution in [2.45, 2.75) is 63.3 Å². The third-order valence-corrected chi connectivity index (χ3v) is 4.15. The Kier molecular flexibility index (Phi) is 3.62. The molecule has 0 aromatic heterocycles. The molecule has 0 N–H and O–H groups in total. The molecule has 2 fully saturated rings. The number of carbonyl (C=O) groups excluding carboxylic acids is 1. The molecule has 4 heteroatoms. The number of fused-ring (bicyclic) bond motifs is 1. The average Bonchev–Trinajstić information content (AvgIpc) is 2.57. The Balaban J connectivity index is 1.97. The van der Waals surface area contributed by atoms with Crippen molar-refractivity contribution in [3.8, 4) is 0 Å². The molecule has 1 amide bonds. The summed E-state index contributed by atoms with van der Waals surface area (Å²) < 4.78 is 5.47. The maximum absolute atomic E-state index is 12.1. The number of ether oxygens (including phenoxy) is 1. The van der Waals surface area contributed by atoms with Gasteiger partial charge in [-0.05, 0) is 52.4 Å². The molecule has 17 heavy (non-hydrogen) atoms. The Hall–Kier alpha value is -0.380. The van der Waals surface area contributed by atoms with Gasteiger partial charge >= 0.3 is 6.09 Å². The zero-order valence-electron chi connectivity index (χ0n) is 11.0. The third-order valence-electron chi connectivity index (χ3n) is 3.68. The first-order valence-corrected chi connectivity index (χ1v) is 7.06. The molecule has 2 rings (SSSR count). The van der Waals surface area contributed by atoms with Crippen molar-refractivity contribution < 1.29 is 9.53 Å². The summed E-state index contributed by atoms with van der Waals surface area (Å²) in [6.07, 6.45) is 4.32. The molecule has 1 saturated heterocycles. The summed E-state index contributed by atoms with van der Waals surface area (Å²) in [6.45, 7) is 6.61. The summed E-state index contributed by atoms with van der Waals surface area (Å²) in [4.78, 5) is 14.0. The molecule has 98 valence electrons. The van der Waals surface area contributed by atoms with Crippen LogP contribution in [0.5, 0.6) is 0 Å². The number of thiol groups is 1. The number of hydrogen-bond acceptors (Lipinski definition) is 3. The molecule has 1 heterocycles. The Morgan fingerprint density at radius 3 is 2.65 bits per heavy atom. The van der Waals surface area contributed by atoms with Crippen LogP contribution >= 0.6 is 12.6 Å². The van der Waals surface area contributed by atoms with Gasteiger partial charge in [0.2, 0.25) is 0 Å². The van der Waals surface area contributed by atoms with Crippen molar-refractivity contribution in [3.05, 3.63) is 0 Å². The first-order chi connectivity index (χ1) is 7.87. The molecule has 3 nitrogen and oxygen atoms in total. The molecule has 0 aromatic carbocycles. The Morgan fingerprint density at radius 1 is 1.29 bits per heavy atom. The van der Waals surface area contributed by atoms with Crippen LogP contribution in [0.3, 0.4) is 0 Å². The summed E-state index contributed by atoms with van der Waals surface area (Å²) in [7, 11) is 0. The van der Waals surface area contributed by atoms with Crippen molar-refractivity contribution >= 4 is 18.7 Å². The molecule has 0 spiro atoms. The van der Waals surface area contributed by atoms with E-state index in [1.165, 1.54) is 0 Å². The monoisotopic (exact) mass is 257 g/mol. The van der Waals surface area contributed by atoms with Gasteiger partial charge in [-0.15, -0.1) is 0 Å². The van der Waals surface area contributed by atoms with Crippen molar-refractivity contribution in [1.29, 1.82) is 0 Å². The van der Waals surface area contributed by atoms with Crippen LogP contribution in [0.4, 0.5) is 4.79 Å². The lowest BCUT2D eigenvalue weighted by atomic mass is 9.85. The van der Waals surface area contributed by atoms with Crippen LogP contribution in [0.25, 0.3) is 0 Å². The highest BCUT2D eigenvalue weighted by Gasteiger charge is 2.41. The van der Waals surface area contributed by atoms with E-state index in [1.807, 2.05) is 25.7 Å². The van der Waals surface area contributed by atoms with Crippen LogP contribution in [0.1, 0.15) is 46.5 Å². The van der Waals surface area contributed by atoms with Gasteiger partial charge in [0.15, 0.2) is 0 Å². The molecular formula is C13H23NO2S. The second-order valence-corrected chi connectivity index (χ2v) is 6.99. The minimum absolute atomic E-state index is 0.136. The number of hydrogen-bond donors (Lipinski definition) is 1. The van der Waals surface area contributed by atoms with E-state index in [2.05, 4.69) is 12.6 Å². The SMILES string of the molecule is CC(C)(C)OC(=O)N1CC[C@H]2CC(S)CC[C@H]21. The fourth-order valence-electron chi connectivity index (χ4n) is 2.96. The zero-order valence-corrected chi connectivity index (χ0v) is 11.9. The van der Waals surface area contributed by atoms with E-state index in [4.69, 9.17) is 4.74 Å². The largest absolute Gasteiger partial charge is 0.444 e. The predicted molar refractivity (Wildman–Crippen MR) is 71.5 cm³/mol. The second-order valence-electron chi connectivity index (χ2n) is 6.26. The minimum Gasteiger partial charge on any atom is -0.444 e. The van der Waals surface area contributed by atoms with E-state index in [1.54, 1.807) is 0 Å². The summed E-state index contributed by atoms with van der Waals surface area (Å²) in [5.74, 6) is 0.638. The van der Waals surface area contributed by atoms with Crippen LogP contribution in [-0.2, 0) is 4.74 Å². The smallest absolute Gasteiger partial charge is 0.410 e. The number of amides is 1. The van der Waals surface area contributed by atoms with E-state index in [9.17, 15) is 4.79 Å². The topological polar surface area (TPSA) is 29.5 Å². The van der Waals surface area contributed by atoms with Gasteiger partial charge in [-0.3, -0.25) is 0 Å². The lowest BCUT2D eigenvalue weighted by Gasteiger charge is -2.34. The number of nitrogens with zero attached hydrogens (tertiary/aromatic N) is 1. The van der Waals surface area contributed by atoms with Crippen molar-refractivity contribution in [1.82, 2.24) is 4.90 Å². The molecule has 0 radical (unpaired) electrons. The van der Waals surface area contributed by atoms with Gasteiger partial charge in [-0.25, -0.2) is 4.79 Å². The summed E-state index contributed by atoms with van der Waals surface area (Å²) in [5, 5.41) is 0.523. The first-order valence-electron chi connectivity index (χ1n) is 6.54. The summed E-state index contributed by atoms with van der Waals surface area (Å²) >= 11 is 4.56. The normalized spacial score (nSPS) is 33.4. The van der Waals surface area contributed by atoms with Gasteiger partial charge in [-0.2, -0.15) is 12.6 Å². The molecule has 1 aliphatic carbocycles. The Morgan fingerprint density at radius 2 is 2.00 bits per heavy atom. The third kappa shape index (κ3) is 3.09. The molecule has 0 bridgehead atoms. The summed E-state index contributed by atoms with van der Waals surface area (Å²) in [5.41, 5.74) is -0.393. The standard InChI is InChI=1S/C13H23NO2S/c1-13(2,3)16-12(15)14-7-6-9-8-10(17)4-5-11(9)14/h9-11,17H,4-8H2,1-3H3/t9-,10?,11+/m0/s1. The molecule has 1 unspecified atom stereocenters. The lowest BCUT2D eigenvalue weighted by Crippen LogP contribution is -2.43. The van der Waals surface area contributed by atoms with E-state index in [-0.39, 0.29) is 6.09 Å². The average molecular weight is 257 g/mol. The van der Waals surface area contributed by atoms with E-state index in [0.717, 1.165) is 32.2 Å². The lowest BCUT2D eigenvalue weighted by molar-refractivity contribution is 0.0184. The van der Waals surface area contributed by atoms with E-state index < -0.39 is 5.60 Å². The predicted octanol–water partition coefficient (Wildman–Crippen LogP) is 3.09. The zero-order chi connectivity index (χ0) is 12.6. The molecule has 3 atom stereocenters. The van der Waals surface area contributed by atoms with Crippen LogP contribution in [0, 0.1) is 5.92 Å². The number of likely N-dealkylation sites (tertiary alicyclic amines) is 1. The minimum atomic E-state index is -0.393. The molecular weight excluding hydrogens is 234 g/mol.